The Balaban J connectivity index is 2.54. The van der Waals surface area contributed by atoms with Crippen LogP contribution in [-0.4, -0.2) is 56.5 Å². The molecule has 0 bridgehead atoms. The van der Waals surface area contributed by atoms with Crippen LogP contribution in [-0.2, 0) is 19.0 Å². The minimum Gasteiger partial charge on any atom is -0.469 e. The molecule has 1 saturated heterocycles. The highest BCUT2D eigenvalue weighted by Crippen LogP contribution is 2.27. The Labute approximate surface area is 126 Å². The van der Waals surface area contributed by atoms with Crippen LogP contribution in [0.25, 0.3) is 0 Å². The topological polar surface area (TPSA) is 65.1 Å². The number of piperidine rings is 1. The van der Waals surface area contributed by atoms with E-state index >= 15 is 0 Å². The molecule has 6 heteroatoms. The number of carbonyl (C=O) groups excluding carboxylic acids is 2. The Morgan fingerprint density at radius 1 is 1.19 bits per heavy atom. The molecule has 0 saturated carbocycles. The summed E-state index contributed by atoms with van der Waals surface area (Å²) in [5.41, 5.74) is -0.488. The number of nitrogens with zero attached hydrogens (tertiary/aromatic N) is 1. The molecule has 1 amide bonds. The molecule has 1 aliphatic rings. The molecule has 0 aromatic heterocycles. The number of carbonyl (C=O) groups is 2. The Bertz CT molecular complexity index is 356. The van der Waals surface area contributed by atoms with Crippen LogP contribution in [0.2, 0.25) is 0 Å². The molecule has 0 aliphatic carbocycles. The number of amides is 1. The van der Waals surface area contributed by atoms with Crippen LogP contribution in [0.4, 0.5) is 4.79 Å². The predicted octanol–water partition coefficient (Wildman–Crippen LogP) is 2.07. The van der Waals surface area contributed by atoms with Gasteiger partial charge >= 0.3 is 12.1 Å². The normalized spacial score (nSPS) is 18.2. The molecular weight excluding hydrogens is 274 g/mol. The highest BCUT2D eigenvalue weighted by Gasteiger charge is 2.34. The summed E-state index contributed by atoms with van der Waals surface area (Å²) in [4.78, 5) is 25.5. The maximum Gasteiger partial charge on any atom is 0.410 e. The van der Waals surface area contributed by atoms with Crippen LogP contribution in [0.3, 0.4) is 0 Å². The lowest BCUT2D eigenvalue weighted by molar-refractivity contribution is -0.150. The zero-order valence-corrected chi connectivity index (χ0v) is 13.7. The predicted molar refractivity (Wildman–Crippen MR) is 77.9 cm³/mol. The molecule has 1 unspecified atom stereocenters. The van der Waals surface area contributed by atoms with E-state index in [1.807, 2.05) is 20.8 Å². The zero-order chi connectivity index (χ0) is 16.0. The van der Waals surface area contributed by atoms with Crippen molar-refractivity contribution in [2.24, 2.45) is 11.8 Å². The fraction of sp³-hybridized carbons (Fsp3) is 0.867. The quantitative estimate of drug-likeness (QED) is 0.744. The van der Waals surface area contributed by atoms with E-state index in [-0.39, 0.29) is 23.9 Å². The van der Waals surface area contributed by atoms with Gasteiger partial charge in [0.15, 0.2) is 0 Å². The smallest absolute Gasteiger partial charge is 0.410 e. The molecule has 1 aliphatic heterocycles. The number of likely N-dealkylation sites (tertiary alicyclic amines) is 1. The fourth-order valence-electron chi connectivity index (χ4n) is 2.54. The first-order valence-electron chi connectivity index (χ1n) is 7.33. The van der Waals surface area contributed by atoms with Crippen molar-refractivity contribution in [3.8, 4) is 0 Å². The fourth-order valence-corrected chi connectivity index (χ4v) is 2.54. The maximum atomic E-state index is 12.0. The molecule has 0 aromatic rings. The lowest BCUT2D eigenvalue weighted by Crippen LogP contribution is -2.44. The standard InChI is InChI=1S/C15H27NO5/c1-15(2,3)21-14(18)16-8-6-11(7-9-16)12(10-19-4)13(17)20-5/h11-12H,6-10H2,1-5H3. The van der Waals surface area contributed by atoms with Gasteiger partial charge in [0.2, 0.25) is 0 Å². The van der Waals surface area contributed by atoms with Crippen molar-refractivity contribution in [1.82, 2.24) is 4.90 Å². The second-order valence-corrected chi connectivity index (χ2v) is 6.39. The Morgan fingerprint density at radius 3 is 2.19 bits per heavy atom. The highest BCUT2D eigenvalue weighted by molar-refractivity contribution is 5.73. The van der Waals surface area contributed by atoms with Gasteiger partial charge in [0.25, 0.3) is 0 Å². The molecule has 1 fully saturated rings. The summed E-state index contributed by atoms with van der Waals surface area (Å²) in [6.45, 7) is 7.09. The average molecular weight is 301 g/mol. The van der Waals surface area contributed by atoms with Crippen molar-refractivity contribution in [2.45, 2.75) is 39.2 Å². The molecule has 122 valence electrons. The summed E-state index contributed by atoms with van der Waals surface area (Å²) in [6.07, 6.45) is 1.22. The van der Waals surface area contributed by atoms with Crippen molar-refractivity contribution in [3.05, 3.63) is 0 Å². The van der Waals surface area contributed by atoms with Crippen LogP contribution in [0.5, 0.6) is 0 Å². The van der Waals surface area contributed by atoms with E-state index in [0.717, 1.165) is 12.8 Å². The summed E-state index contributed by atoms with van der Waals surface area (Å²) in [5.74, 6) is -0.329. The van der Waals surface area contributed by atoms with Crippen molar-refractivity contribution < 1.29 is 23.8 Å². The van der Waals surface area contributed by atoms with Crippen molar-refractivity contribution >= 4 is 12.1 Å². The Kier molecular flexibility index (Phi) is 6.45. The highest BCUT2D eigenvalue weighted by atomic mass is 16.6. The van der Waals surface area contributed by atoms with Gasteiger partial charge in [0, 0.05) is 20.2 Å². The molecule has 1 heterocycles. The monoisotopic (exact) mass is 301 g/mol. The first-order chi connectivity index (χ1) is 9.78. The number of hydrogen-bond donors (Lipinski definition) is 0. The van der Waals surface area contributed by atoms with Crippen molar-refractivity contribution in [3.63, 3.8) is 0 Å². The Morgan fingerprint density at radius 2 is 1.76 bits per heavy atom. The third kappa shape index (κ3) is 5.53. The van der Waals surface area contributed by atoms with Gasteiger partial charge in [-0.2, -0.15) is 0 Å². The van der Waals surface area contributed by atoms with E-state index in [1.165, 1.54) is 7.11 Å². The van der Waals surface area contributed by atoms with E-state index in [0.29, 0.717) is 19.7 Å². The van der Waals surface area contributed by atoms with E-state index < -0.39 is 5.60 Å². The SMILES string of the molecule is COCC(C(=O)OC)C1CCN(C(=O)OC(C)(C)C)CC1. The van der Waals surface area contributed by atoms with Gasteiger partial charge < -0.3 is 19.1 Å². The number of ether oxygens (including phenoxy) is 3. The van der Waals surface area contributed by atoms with Crippen LogP contribution < -0.4 is 0 Å². The van der Waals surface area contributed by atoms with Gasteiger partial charge in [-0.1, -0.05) is 0 Å². The summed E-state index contributed by atoms with van der Waals surface area (Å²) >= 11 is 0. The maximum absolute atomic E-state index is 12.0. The van der Waals surface area contributed by atoms with E-state index in [4.69, 9.17) is 14.2 Å². The minimum atomic E-state index is -0.488. The van der Waals surface area contributed by atoms with Gasteiger partial charge in [-0.3, -0.25) is 4.79 Å². The largest absolute Gasteiger partial charge is 0.469 e. The lowest BCUT2D eigenvalue weighted by Gasteiger charge is -2.35. The van der Waals surface area contributed by atoms with E-state index in [9.17, 15) is 9.59 Å². The number of methoxy groups -OCH3 is 2. The number of esters is 1. The molecule has 0 radical (unpaired) electrons. The summed E-state index contributed by atoms with van der Waals surface area (Å²) < 4.78 is 15.3. The van der Waals surface area contributed by atoms with Crippen LogP contribution >= 0.6 is 0 Å². The third-order valence-corrected chi connectivity index (χ3v) is 3.61. The number of rotatable bonds is 4. The second kappa shape index (κ2) is 7.64. The first-order valence-corrected chi connectivity index (χ1v) is 7.33. The van der Waals surface area contributed by atoms with E-state index in [1.54, 1.807) is 12.0 Å². The van der Waals surface area contributed by atoms with Crippen LogP contribution in [0.15, 0.2) is 0 Å². The number of hydrogen-bond acceptors (Lipinski definition) is 5. The minimum absolute atomic E-state index is 0.177. The molecule has 1 rings (SSSR count). The van der Waals surface area contributed by atoms with Gasteiger partial charge in [-0.25, -0.2) is 4.79 Å². The van der Waals surface area contributed by atoms with Gasteiger partial charge in [0.05, 0.1) is 19.6 Å². The van der Waals surface area contributed by atoms with Crippen LogP contribution in [0, 0.1) is 11.8 Å². The lowest BCUT2D eigenvalue weighted by atomic mass is 9.84. The summed E-state index contributed by atoms with van der Waals surface area (Å²) in [6, 6.07) is 0. The summed E-state index contributed by atoms with van der Waals surface area (Å²) in [7, 11) is 2.96. The van der Waals surface area contributed by atoms with E-state index in [2.05, 4.69) is 0 Å². The molecule has 0 N–H and O–H groups in total. The molecular formula is C15H27NO5. The Hall–Kier alpha value is -1.30. The van der Waals surface area contributed by atoms with Crippen LogP contribution in [0.1, 0.15) is 33.6 Å². The molecule has 0 spiro atoms. The summed E-state index contributed by atoms with van der Waals surface area (Å²) in [5, 5.41) is 0. The third-order valence-electron chi connectivity index (χ3n) is 3.61. The first kappa shape index (κ1) is 17.8. The molecule has 1 atom stereocenters. The van der Waals surface area contributed by atoms with Crippen molar-refractivity contribution in [2.75, 3.05) is 33.9 Å². The van der Waals surface area contributed by atoms with Gasteiger partial charge in [0.1, 0.15) is 5.60 Å². The van der Waals surface area contributed by atoms with Crippen molar-refractivity contribution in [1.29, 1.82) is 0 Å². The molecule has 0 aromatic carbocycles. The zero-order valence-electron chi connectivity index (χ0n) is 13.7. The molecule has 21 heavy (non-hydrogen) atoms. The average Bonchev–Trinajstić information content (AvgIpc) is 2.42. The molecule has 6 nitrogen and oxygen atoms in total. The van der Waals surface area contributed by atoms with Gasteiger partial charge in [-0.05, 0) is 39.5 Å². The van der Waals surface area contributed by atoms with Gasteiger partial charge in [-0.15, -0.1) is 0 Å². The second-order valence-electron chi connectivity index (χ2n) is 6.39.